The largest absolute Gasteiger partial charge is 0.345 e. The van der Waals surface area contributed by atoms with E-state index in [-0.39, 0.29) is 5.41 Å². The monoisotopic (exact) mass is 278 g/mol. The number of hydrogen-bond acceptors (Lipinski definition) is 3. The molecule has 0 aromatic carbocycles. The van der Waals surface area contributed by atoms with E-state index in [1.807, 2.05) is 0 Å². The minimum absolute atomic E-state index is 0.119. The first-order valence-electron chi connectivity index (χ1n) is 7.96. The zero-order valence-corrected chi connectivity index (χ0v) is 13.5. The van der Waals surface area contributed by atoms with Gasteiger partial charge in [-0.25, -0.2) is 4.98 Å². The van der Waals surface area contributed by atoms with Crippen molar-refractivity contribution < 1.29 is 0 Å². The fourth-order valence-electron chi connectivity index (χ4n) is 3.11. The minimum atomic E-state index is 0.119. The molecule has 0 amide bonds. The third-order valence-electron chi connectivity index (χ3n) is 4.40. The van der Waals surface area contributed by atoms with Gasteiger partial charge in [0.2, 0.25) is 5.95 Å². The van der Waals surface area contributed by atoms with Gasteiger partial charge >= 0.3 is 0 Å². The Labute approximate surface area is 123 Å². The highest BCUT2D eigenvalue weighted by molar-refractivity contribution is 5.34. The van der Waals surface area contributed by atoms with Gasteiger partial charge in [-0.1, -0.05) is 33.6 Å². The molecule has 0 aliphatic heterocycles. The second-order valence-corrected chi connectivity index (χ2v) is 6.96. The highest BCUT2D eigenvalue weighted by Gasteiger charge is 2.25. The Hall–Kier alpha value is -1.03. The highest BCUT2D eigenvalue weighted by atomic mass is 15.3. The zero-order valence-electron chi connectivity index (χ0n) is 13.5. The number of aryl methyl sites for hydroxylation is 1. The molecule has 4 nitrogen and oxygen atoms in total. The normalized spacial score (nSPS) is 16.9. The topological polar surface area (TPSA) is 47.1 Å². The number of imidazole rings is 1. The molecule has 1 heterocycles. The lowest BCUT2D eigenvalue weighted by molar-refractivity contribution is 0.379. The molecule has 0 bridgehead atoms. The number of hydrogen-bond donors (Lipinski definition) is 1. The molecule has 1 aromatic rings. The van der Waals surface area contributed by atoms with Crippen LogP contribution in [0.25, 0.3) is 0 Å². The van der Waals surface area contributed by atoms with E-state index >= 15 is 0 Å². The summed E-state index contributed by atoms with van der Waals surface area (Å²) in [6.45, 7) is 8.24. The number of rotatable bonds is 6. The lowest BCUT2D eigenvalue weighted by atomic mass is 9.93. The molecule has 1 saturated carbocycles. The molecule has 1 fully saturated rings. The lowest BCUT2D eigenvalue weighted by Crippen LogP contribution is -2.38. The second kappa shape index (κ2) is 6.17. The molecule has 0 unspecified atom stereocenters. The fraction of sp³-hybridized carbons (Fsp3) is 0.812. The number of anilines is 1. The van der Waals surface area contributed by atoms with Gasteiger partial charge in [0, 0.05) is 25.8 Å². The second-order valence-electron chi connectivity index (χ2n) is 6.96. The van der Waals surface area contributed by atoms with Crippen molar-refractivity contribution in [3.8, 4) is 0 Å². The molecule has 20 heavy (non-hydrogen) atoms. The Morgan fingerprint density at radius 2 is 2.05 bits per heavy atom. The maximum atomic E-state index is 5.87. The van der Waals surface area contributed by atoms with E-state index in [1.54, 1.807) is 0 Å². The van der Waals surface area contributed by atoms with Gasteiger partial charge in [0.05, 0.1) is 5.69 Å². The van der Waals surface area contributed by atoms with Crippen LogP contribution < -0.4 is 10.6 Å². The summed E-state index contributed by atoms with van der Waals surface area (Å²) in [6, 6.07) is 0.640. The maximum absolute atomic E-state index is 5.87. The molecule has 4 heteroatoms. The van der Waals surface area contributed by atoms with Gasteiger partial charge < -0.3 is 15.2 Å². The van der Waals surface area contributed by atoms with E-state index < -0.39 is 0 Å². The molecule has 1 aliphatic carbocycles. The van der Waals surface area contributed by atoms with Crippen molar-refractivity contribution in [3.63, 3.8) is 0 Å². The van der Waals surface area contributed by atoms with E-state index in [9.17, 15) is 0 Å². The summed E-state index contributed by atoms with van der Waals surface area (Å²) < 4.78 is 2.42. The molecule has 2 N–H and O–H groups in total. The van der Waals surface area contributed by atoms with E-state index in [1.165, 1.54) is 31.4 Å². The number of aromatic nitrogens is 2. The van der Waals surface area contributed by atoms with Gasteiger partial charge in [-0.05, 0) is 31.2 Å². The average molecular weight is 278 g/mol. The summed E-state index contributed by atoms with van der Waals surface area (Å²) in [7, 11) is 2.14. The Balaban J connectivity index is 2.22. The third kappa shape index (κ3) is 3.35. The van der Waals surface area contributed by atoms with Gasteiger partial charge in [0.25, 0.3) is 0 Å². The van der Waals surface area contributed by atoms with Gasteiger partial charge in [0.15, 0.2) is 0 Å². The lowest BCUT2D eigenvalue weighted by Gasteiger charge is -2.31. The van der Waals surface area contributed by atoms with Crippen LogP contribution in [0.2, 0.25) is 0 Å². The van der Waals surface area contributed by atoms with Crippen LogP contribution >= 0.6 is 0 Å². The zero-order chi connectivity index (χ0) is 14.8. The van der Waals surface area contributed by atoms with E-state index in [4.69, 9.17) is 10.7 Å². The summed E-state index contributed by atoms with van der Waals surface area (Å²) in [5.74, 6) is 1.12. The quantitative estimate of drug-likeness (QED) is 0.870. The average Bonchev–Trinajstić information content (AvgIpc) is 3.06. The Morgan fingerprint density at radius 1 is 1.40 bits per heavy atom. The first kappa shape index (κ1) is 15.4. The van der Waals surface area contributed by atoms with Crippen molar-refractivity contribution in [1.82, 2.24) is 9.55 Å². The van der Waals surface area contributed by atoms with Crippen molar-refractivity contribution in [3.05, 3.63) is 11.9 Å². The molecule has 0 spiro atoms. The van der Waals surface area contributed by atoms with Crippen LogP contribution in [0.3, 0.4) is 0 Å². The standard InChI is InChI=1S/C16H30N4/c1-5-13-10-20(14-8-6-7-9-14)15(18-13)19(4)12-16(2,3)11-17/h10,14H,5-9,11-12,17H2,1-4H3. The summed E-state index contributed by atoms with van der Waals surface area (Å²) in [4.78, 5) is 7.12. The molecule has 0 atom stereocenters. The predicted octanol–water partition coefficient (Wildman–Crippen LogP) is 2.98. The van der Waals surface area contributed by atoms with E-state index in [2.05, 4.69) is 43.5 Å². The van der Waals surface area contributed by atoms with Crippen LogP contribution in [-0.2, 0) is 6.42 Å². The van der Waals surface area contributed by atoms with Gasteiger partial charge in [0.1, 0.15) is 0 Å². The van der Waals surface area contributed by atoms with Crippen LogP contribution in [-0.4, -0.2) is 29.7 Å². The summed E-state index contributed by atoms with van der Waals surface area (Å²) >= 11 is 0. The molecule has 0 saturated heterocycles. The Bertz CT molecular complexity index is 430. The fourth-order valence-corrected chi connectivity index (χ4v) is 3.11. The third-order valence-corrected chi connectivity index (χ3v) is 4.40. The minimum Gasteiger partial charge on any atom is -0.345 e. The Morgan fingerprint density at radius 3 is 2.60 bits per heavy atom. The highest BCUT2D eigenvalue weighted by Crippen LogP contribution is 2.33. The molecular weight excluding hydrogens is 248 g/mol. The summed E-state index contributed by atoms with van der Waals surface area (Å²) in [5.41, 5.74) is 7.19. The van der Waals surface area contributed by atoms with Crippen molar-refractivity contribution in [1.29, 1.82) is 0 Å². The van der Waals surface area contributed by atoms with Crippen LogP contribution in [0.5, 0.6) is 0 Å². The van der Waals surface area contributed by atoms with Crippen LogP contribution in [0, 0.1) is 5.41 Å². The smallest absolute Gasteiger partial charge is 0.205 e. The molecule has 0 radical (unpaired) electrons. The number of nitrogens with zero attached hydrogens (tertiary/aromatic N) is 3. The van der Waals surface area contributed by atoms with Crippen LogP contribution in [0.4, 0.5) is 5.95 Å². The summed E-state index contributed by atoms with van der Waals surface area (Å²) in [6.07, 6.45) is 8.54. The van der Waals surface area contributed by atoms with Crippen molar-refractivity contribution in [2.24, 2.45) is 11.1 Å². The van der Waals surface area contributed by atoms with Gasteiger partial charge in [-0.3, -0.25) is 0 Å². The molecular formula is C16H30N4. The first-order valence-corrected chi connectivity index (χ1v) is 7.96. The van der Waals surface area contributed by atoms with E-state index in [0.29, 0.717) is 12.6 Å². The summed E-state index contributed by atoms with van der Waals surface area (Å²) in [5, 5.41) is 0. The molecule has 2 rings (SSSR count). The maximum Gasteiger partial charge on any atom is 0.205 e. The van der Waals surface area contributed by atoms with E-state index in [0.717, 1.165) is 18.9 Å². The predicted molar refractivity (Wildman–Crippen MR) is 85.2 cm³/mol. The first-order chi connectivity index (χ1) is 9.46. The molecule has 1 aromatic heterocycles. The van der Waals surface area contributed by atoms with Gasteiger partial charge in [-0.15, -0.1) is 0 Å². The van der Waals surface area contributed by atoms with Crippen LogP contribution in [0.1, 0.15) is 58.2 Å². The molecule has 1 aliphatic rings. The number of nitrogens with two attached hydrogens (primary N) is 1. The van der Waals surface area contributed by atoms with Crippen molar-refractivity contribution in [2.75, 3.05) is 25.0 Å². The van der Waals surface area contributed by atoms with Crippen molar-refractivity contribution in [2.45, 2.75) is 58.9 Å². The van der Waals surface area contributed by atoms with Crippen LogP contribution in [0.15, 0.2) is 6.20 Å². The molecule has 114 valence electrons. The van der Waals surface area contributed by atoms with Gasteiger partial charge in [-0.2, -0.15) is 0 Å². The Kier molecular flexibility index (Phi) is 4.74. The van der Waals surface area contributed by atoms with Crippen molar-refractivity contribution >= 4 is 5.95 Å². The SMILES string of the molecule is CCc1cn(C2CCCC2)c(N(C)CC(C)(C)CN)n1.